The van der Waals surface area contributed by atoms with E-state index in [0.717, 1.165) is 11.1 Å². The Morgan fingerprint density at radius 2 is 1.85 bits per heavy atom. The molecule has 0 atom stereocenters. The van der Waals surface area contributed by atoms with Crippen LogP contribution in [0.4, 0.5) is 0 Å². The number of pyridine rings is 1. The lowest BCUT2D eigenvalue weighted by Crippen LogP contribution is -2.12. The third-order valence-corrected chi connectivity index (χ3v) is 3.89. The summed E-state index contributed by atoms with van der Waals surface area (Å²) in [5, 5.41) is 18.3. The van der Waals surface area contributed by atoms with Gasteiger partial charge < -0.3 is 9.72 Å². The van der Waals surface area contributed by atoms with Crippen LogP contribution in [0.5, 0.6) is 5.75 Å². The molecule has 1 N–H and O–H groups in total. The van der Waals surface area contributed by atoms with E-state index in [4.69, 9.17) is 10.00 Å². The van der Waals surface area contributed by atoms with E-state index in [2.05, 4.69) is 11.1 Å². The fourth-order valence-corrected chi connectivity index (χ4v) is 2.68. The van der Waals surface area contributed by atoms with Gasteiger partial charge in [-0.3, -0.25) is 4.79 Å². The molecule has 0 spiro atoms. The minimum atomic E-state index is -0.401. The highest BCUT2D eigenvalue weighted by molar-refractivity contribution is 5.71. The monoisotopic (exact) mass is 341 g/mol. The zero-order valence-electron chi connectivity index (χ0n) is 14.1. The van der Waals surface area contributed by atoms with Crippen molar-refractivity contribution in [1.82, 2.24) is 4.98 Å². The Morgan fingerprint density at radius 3 is 2.62 bits per heavy atom. The highest BCUT2D eigenvalue weighted by atomic mass is 16.5. The van der Waals surface area contributed by atoms with Crippen LogP contribution in [-0.4, -0.2) is 4.98 Å². The lowest BCUT2D eigenvalue weighted by atomic mass is 10.0. The van der Waals surface area contributed by atoms with Crippen LogP contribution in [0.15, 0.2) is 59.4 Å². The van der Waals surface area contributed by atoms with E-state index in [1.54, 1.807) is 31.2 Å². The van der Waals surface area contributed by atoms with Gasteiger partial charge >= 0.3 is 0 Å². The Kier molecular flexibility index (Phi) is 4.83. The van der Waals surface area contributed by atoms with E-state index in [-0.39, 0.29) is 5.56 Å². The SMILES string of the molecule is Cc1cc(-c2cccc(OCc3cccc(C#N)c3)c2)c(C#N)c(=O)[nH]1. The van der Waals surface area contributed by atoms with Crippen LogP contribution in [0, 0.1) is 29.6 Å². The number of H-pyrrole nitrogens is 1. The summed E-state index contributed by atoms with van der Waals surface area (Å²) in [6.07, 6.45) is 0. The summed E-state index contributed by atoms with van der Waals surface area (Å²) in [5.41, 5.74) is 3.14. The average molecular weight is 341 g/mol. The molecule has 3 rings (SSSR count). The Morgan fingerprint density at radius 1 is 1.04 bits per heavy atom. The van der Waals surface area contributed by atoms with Crippen molar-refractivity contribution in [2.24, 2.45) is 0 Å². The normalized spacial score (nSPS) is 9.96. The van der Waals surface area contributed by atoms with Gasteiger partial charge in [0, 0.05) is 11.3 Å². The first-order valence-corrected chi connectivity index (χ1v) is 7.97. The fraction of sp³-hybridized carbons (Fsp3) is 0.0952. The Balaban J connectivity index is 1.89. The molecule has 2 aromatic carbocycles. The van der Waals surface area contributed by atoms with Crippen molar-refractivity contribution in [3.63, 3.8) is 0 Å². The van der Waals surface area contributed by atoms with E-state index in [1.165, 1.54) is 0 Å². The molecule has 0 unspecified atom stereocenters. The van der Waals surface area contributed by atoms with Gasteiger partial charge in [0.1, 0.15) is 24.0 Å². The Labute approximate surface area is 150 Å². The van der Waals surface area contributed by atoms with E-state index >= 15 is 0 Å². The number of rotatable bonds is 4. The minimum absolute atomic E-state index is 0.0782. The molecule has 0 saturated carbocycles. The van der Waals surface area contributed by atoms with Gasteiger partial charge in [-0.1, -0.05) is 24.3 Å². The number of aryl methyl sites for hydroxylation is 1. The van der Waals surface area contributed by atoms with Crippen LogP contribution in [0.25, 0.3) is 11.1 Å². The topological polar surface area (TPSA) is 89.7 Å². The van der Waals surface area contributed by atoms with E-state index in [9.17, 15) is 10.1 Å². The molecule has 0 aliphatic heterocycles. The maximum Gasteiger partial charge on any atom is 0.266 e. The third-order valence-electron chi connectivity index (χ3n) is 3.89. The number of nitrogens with zero attached hydrogens (tertiary/aromatic N) is 2. The van der Waals surface area contributed by atoms with Gasteiger partial charge in [0.15, 0.2) is 0 Å². The summed E-state index contributed by atoms with van der Waals surface area (Å²) in [4.78, 5) is 14.6. The molecule has 5 nitrogen and oxygen atoms in total. The van der Waals surface area contributed by atoms with Crippen LogP contribution in [-0.2, 0) is 6.61 Å². The molecule has 1 aromatic heterocycles. The van der Waals surface area contributed by atoms with E-state index < -0.39 is 5.56 Å². The highest BCUT2D eigenvalue weighted by Gasteiger charge is 2.11. The van der Waals surface area contributed by atoms with Crippen LogP contribution in [0.1, 0.15) is 22.4 Å². The maximum absolute atomic E-state index is 12.0. The molecular formula is C21H15N3O2. The number of nitriles is 2. The summed E-state index contributed by atoms with van der Waals surface area (Å²) in [6.45, 7) is 2.09. The van der Waals surface area contributed by atoms with Crippen molar-refractivity contribution in [3.8, 4) is 29.0 Å². The third kappa shape index (κ3) is 3.63. The Hall–Kier alpha value is -3.83. The van der Waals surface area contributed by atoms with Gasteiger partial charge in [-0.15, -0.1) is 0 Å². The predicted molar refractivity (Wildman–Crippen MR) is 97.4 cm³/mol. The summed E-state index contributed by atoms with van der Waals surface area (Å²) >= 11 is 0. The molecule has 0 aliphatic rings. The predicted octanol–water partition coefficient (Wildman–Crippen LogP) is 3.67. The van der Waals surface area contributed by atoms with Gasteiger partial charge in [-0.2, -0.15) is 10.5 Å². The zero-order chi connectivity index (χ0) is 18.5. The molecule has 0 fully saturated rings. The lowest BCUT2D eigenvalue weighted by Gasteiger charge is -2.10. The van der Waals surface area contributed by atoms with Crippen molar-refractivity contribution in [2.75, 3.05) is 0 Å². The molecule has 126 valence electrons. The number of ether oxygens (including phenoxy) is 1. The zero-order valence-corrected chi connectivity index (χ0v) is 14.1. The maximum atomic E-state index is 12.0. The standard InChI is InChI=1S/C21H15N3O2/c1-14-8-19(20(12-23)21(25)24-14)17-6-3-7-18(10-17)26-13-16-5-2-4-15(9-16)11-22/h2-10H,13H2,1H3,(H,24,25). The average Bonchev–Trinajstić information content (AvgIpc) is 2.66. The first-order chi connectivity index (χ1) is 12.6. The van der Waals surface area contributed by atoms with Crippen molar-refractivity contribution >= 4 is 0 Å². The number of aromatic amines is 1. The molecule has 1 heterocycles. The molecule has 5 heteroatoms. The summed E-state index contributed by atoms with van der Waals surface area (Å²) in [5.74, 6) is 0.617. The van der Waals surface area contributed by atoms with Crippen LogP contribution >= 0.6 is 0 Å². The first-order valence-electron chi connectivity index (χ1n) is 7.97. The molecule has 3 aromatic rings. The summed E-state index contributed by atoms with van der Waals surface area (Å²) in [6, 6.07) is 20.3. The van der Waals surface area contributed by atoms with Gasteiger partial charge in [0.25, 0.3) is 5.56 Å². The minimum Gasteiger partial charge on any atom is -0.489 e. The fourth-order valence-electron chi connectivity index (χ4n) is 2.68. The molecule has 0 saturated heterocycles. The number of hydrogen-bond acceptors (Lipinski definition) is 4. The second-order valence-corrected chi connectivity index (χ2v) is 5.81. The summed E-state index contributed by atoms with van der Waals surface area (Å²) < 4.78 is 5.81. The molecular weight excluding hydrogens is 326 g/mol. The Bertz CT molecular complexity index is 1100. The molecule has 0 bridgehead atoms. The van der Waals surface area contributed by atoms with Crippen molar-refractivity contribution in [2.45, 2.75) is 13.5 Å². The van der Waals surface area contributed by atoms with Crippen LogP contribution in [0.2, 0.25) is 0 Å². The van der Waals surface area contributed by atoms with E-state index in [1.807, 2.05) is 36.4 Å². The number of hydrogen-bond donors (Lipinski definition) is 1. The van der Waals surface area contributed by atoms with Crippen molar-refractivity contribution in [3.05, 3.63) is 87.3 Å². The highest BCUT2D eigenvalue weighted by Crippen LogP contribution is 2.26. The number of aromatic nitrogens is 1. The molecule has 0 aliphatic carbocycles. The number of benzene rings is 2. The summed E-state index contributed by atoms with van der Waals surface area (Å²) in [7, 11) is 0. The molecule has 26 heavy (non-hydrogen) atoms. The van der Waals surface area contributed by atoms with Gasteiger partial charge in [0.05, 0.1) is 11.6 Å². The van der Waals surface area contributed by atoms with Crippen molar-refractivity contribution in [1.29, 1.82) is 10.5 Å². The van der Waals surface area contributed by atoms with Gasteiger partial charge in [-0.05, 0) is 48.4 Å². The lowest BCUT2D eigenvalue weighted by molar-refractivity contribution is 0.306. The second-order valence-electron chi connectivity index (χ2n) is 5.81. The van der Waals surface area contributed by atoms with E-state index in [0.29, 0.717) is 29.2 Å². The number of nitrogens with one attached hydrogen (secondary N) is 1. The quantitative estimate of drug-likeness (QED) is 0.784. The van der Waals surface area contributed by atoms with Crippen LogP contribution in [0.3, 0.4) is 0 Å². The largest absolute Gasteiger partial charge is 0.489 e. The van der Waals surface area contributed by atoms with Crippen molar-refractivity contribution < 1.29 is 4.74 Å². The smallest absolute Gasteiger partial charge is 0.266 e. The first kappa shape index (κ1) is 17.0. The second kappa shape index (κ2) is 7.38. The van der Waals surface area contributed by atoms with Gasteiger partial charge in [0.2, 0.25) is 0 Å². The van der Waals surface area contributed by atoms with Gasteiger partial charge in [-0.25, -0.2) is 0 Å². The molecule has 0 amide bonds. The van der Waals surface area contributed by atoms with Crippen LogP contribution < -0.4 is 10.3 Å². The molecule has 0 radical (unpaired) electrons.